The molecule has 23 heavy (non-hydrogen) atoms. The number of pyridine rings is 1. The average Bonchev–Trinajstić information content (AvgIpc) is 2.42. The second kappa shape index (κ2) is 7.23. The summed E-state index contributed by atoms with van der Waals surface area (Å²) in [4.78, 5) is 8.73. The van der Waals surface area contributed by atoms with Gasteiger partial charge in [-0.15, -0.1) is 0 Å². The minimum Gasteiger partial charge on any atom is -0.383 e. The van der Waals surface area contributed by atoms with Crippen LogP contribution >= 0.6 is 0 Å². The molecular formula is C16H29N5OSi. The van der Waals surface area contributed by atoms with Gasteiger partial charge in [0.25, 0.3) is 0 Å². The van der Waals surface area contributed by atoms with Crippen molar-refractivity contribution in [2.24, 2.45) is 4.99 Å². The summed E-state index contributed by atoms with van der Waals surface area (Å²) in [6.07, 6.45) is 2.78. The zero-order valence-electron chi connectivity index (χ0n) is 15.2. The van der Waals surface area contributed by atoms with Crippen LogP contribution in [0.5, 0.6) is 0 Å². The maximum atomic E-state index is 7.80. The van der Waals surface area contributed by atoms with Crippen LogP contribution in [-0.2, 0) is 4.53 Å². The van der Waals surface area contributed by atoms with E-state index in [1.54, 1.807) is 12.3 Å². The number of hydrogen-bond acceptors (Lipinski definition) is 5. The Hall–Kier alpha value is -1.73. The maximum absolute atomic E-state index is 7.80. The molecule has 1 aromatic rings. The van der Waals surface area contributed by atoms with E-state index in [4.69, 9.17) is 15.7 Å². The van der Waals surface area contributed by atoms with Crippen molar-refractivity contribution < 1.29 is 4.53 Å². The molecule has 0 aromatic carbocycles. The van der Waals surface area contributed by atoms with Crippen LogP contribution in [-0.4, -0.2) is 36.6 Å². The lowest BCUT2D eigenvalue weighted by atomic mass is 10.2. The number of anilines is 1. The Balaban J connectivity index is 3.31. The van der Waals surface area contributed by atoms with Crippen molar-refractivity contribution in [1.29, 1.82) is 5.41 Å². The van der Waals surface area contributed by atoms with Gasteiger partial charge in [-0.3, -0.25) is 10.4 Å². The fourth-order valence-electron chi connectivity index (χ4n) is 1.61. The Morgan fingerprint density at radius 3 is 2.48 bits per heavy atom. The third-order valence-electron chi connectivity index (χ3n) is 3.92. The number of aliphatic imine (C=N–C) groups is 1. The van der Waals surface area contributed by atoms with Gasteiger partial charge >= 0.3 is 0 Å². The molecule has 0 spiro atoms. The third kappa shape index (κ3) is 4.87. The normalized spacial score (nSPS) is 13.3. The van der Waals surface area contributed by atoms with E-state index in [0.29, 0.717) is 17.2 Å². The molecule has 7 heteroatoms. The molecule has 3 N–H and O–H groups in total. The number of nitrogens with one attached hydrogen (secondary N) is 1. The summed E-state index contributed by atoms with van der Waals surface area (Å²) in [7, 11) is -2.12. The Morgan fingerprint density at radius 1 is 1.43 bits per heavy atom. The molecule has 1 heterocycles. The Bertz CT molecular complexity index is 578. The second-order valence-corrected chi connectivity index (χ2v) is 12.0. The zero-order chi connectivity index (χ0) is 17.8. The summed E-state index contributed by atoms with van der Waals surface area (Å²) in [5.74, 6) is 0.892. The molecule has 0 unspecified atom stereocenters. The standard InChI is InChI=1S/C16H29N5OSi/c1-12(2)20-15(13-9-8-10-19-14(13)18)21(11-17)22-23(6,7)16(3,4)5/h8-12,17H,1-7H3,(H2,18,19). The van der Waals surface area contributed by atoms with Crippen molar-refractivity contribution in [3.63, 3.8) is 0 Å². The van der Waals surface area contributed by atoms with Crippen molar-refractivity contribution in [3.8, 4) is 0 Å². The van der Waals surface area contributed by atoms with E-state index in [1.165, 1.54) is 5.06 Å². The van der Waals surface area contributed by atoms with Crippen LogP contribution in [0.3, 0.4) is 0 Å². The van der Waals surface area contributed by atoms with Crippen LogP contribution < -0.4 is 5.73 Å². The summed E-state index contributed by atoms with van der Waals surface area (Å²) >= 11 is 0. The van der Waals surface area contributed by atoms with E-state index in [-0.39, 0.29) is 11.1 Å². The van der Waals surface area contributed by atoms with Crippen LogP contribution in [0.4, 0.5) is 5.82 Å². The number of rotatable bonds is 5. The number of nitrogen functional groups attached to an aromatic ring is 1. The van der Waals surface area contributed by atoms with Crippen molar-refractivity contribution in [2.45, 2.75) is 58.8 Å². The summed E-state index contributed by atoms with van der Waals surface area (Å²) in [6, 6.07) is 3.68. The van der Waals surface area contributed by atoms with Crippen LogP contribution in [0.25, 0.3) is 0 Å². The molecule has 6 nitrogen and oxygen atoms in total. The molecule has 0 amide bonds. The van der Waals surface area contributed by atoms with Gasteiger partial charge in [-0.25, -0.2) is 10.0 Å². The first-order valence-electron chi connectivity index (χ1n) is 7.77. The summed E-state index contributed by atoms with van der Waals surface area (Å²) in [5, 5.41) is 9.24. The first-order chi connectivity index (χ1) is 10.5. The Morgan fingerprint density at radius 2 is 2.04 bits per heavy atom. The molecule has 1 rings (SSSR count). The van der Waals surface area contributed by atoms with E-state index >= 15 is 0 Å². The van der Waals surface area contributed by atoms with Crippen molar-refractivity contribution in [3.05, 3.63) is 23.9 Å². The highest BCUT2D eigenvalue weighted by Crippen LogP contribution is 2.37. The van der Waals surface area contributed by atoms with E-state index in [9.17, 15) is 0 Å². The topological polar surface area (TPSA) is 87.6 Å². The molecule has 0 aliphatic rings. The van der Waals surface area contributed by atoms with Crippen LogP contribution in [0.15, 0.2) is 23.3 Å². The van der Waals surface area contributed by atoms with Gasteiger partial charge in [-0.05, 0) is 44.1 Å². The minimum atomic E-state index is -2.12. The van der Waals surface area contributed by atoms with Crippen molar-refractivity contribution >= 4 is 26.3 Å². The van der Waals surface area contributed by atoms with Crippen LogP contribution in [0.1, 0.15) is 40.2 Å². The number of nitrogens with zero attached hydrogens (tertiary/aromatic N) is 3. The molecule has 0 saturated carbocycles. The SMILES string of the molecule is CC(C)N=C(c1cccnc1N)N(C=N)O[Si](C)(C)C(C)(C)C. The number of nitrogens with two attached hydrogens (primary N) is 1. The van der Waals surface area contributed by atoms with Crippen LogP contribution in [0, 0.1) is 5.41 Å². The van der Waals surface area contributed by atoms with Gasteiger partial charge in [0.05, 0.1) is 5.56 Å². The largest absolute Gasteiger partial charge is 0.383 e. The van der Waals surface area contributed by atoms with E-state index in [2.05, 4.69) is 43.8 Å². The van der Waals surface area contributed by atoms with Gasteiger partial charge in [0.1, 0.15) is 12.2 Å². The minimum absolute atomic E-state index is 0.0116. The summed E-state index contributed by atoms with van der Waals surface area (Å²) in [5.41, 5.74) is 6.67. The number of amidine groups is 1. The molecule has 0 aliphatic heterocycles. The van der Waals surface area contributed by atoms with E-state index in [0.717, 1.165) is 6.34 Å². The number of hydrogen-bond donors (Lipinski definition) is 2. The molecule has 0 fully saturated rings. The molecule has 0 bridgehead atoms. The van der Waals surface area contributed by atoms with Gasteiger partial charge in [-0.2, -0.15) is 0 Å². The molecule has 1 aromatic heterocycles. The predicted octanol–water partition coefficient (Wildman–Crippen LogP) is 3.66. The maximum Gasteiger partial charge on any atom is 0.229 e. The molecule has 0 radical (unpaired) electrons. The number of hydroxylamine groups is 2. The monoisotopic (exact) mass is 335 g/mol. The fourth-order valence-corrected chi connectivity index (χ4v) is 2.51. The predicted molar refractivity (Wildman–Crippen MR) is 99.2 cm³/mol. The highest BCUT2D eigenvalue weighted by Gasteiger charge is 2.40. The molecule has 0 atom stereocenters. The van der Waals surface area contributed by atoms with Gasteiger partial charge < -0.3 is 10.3 Å². The molecule has 0 aliphatic carbocycles. The quantitative estimate of drug-likeness (QED) is 0.372. The first-order valence-corrected chi connectivity index (χ1v) is 10.7. The lowest BCUT2D eigenvalue weighted by molar-refractivity contribution is 0.0825. The molecule has 128 valence electrons. The molecular weight excluding hydrogens is 306 g/mol. The third-order valence-corrected chi connectivity index (χ3v) is 8.18. The summed E-state index contributed by atoms with van der Waals surface area (Å²) < 4.78 is 6.24. The highest BCUT2D eigenvalue weighted by molar-refractivity contribution is 6.74. The van der Waals surface area contributed by atoms with E-state index < -0.39 is 8.32 Å². The van der Waals surface area contributed by atoms with Gasteiger partial charge in [0, 0.05) is 12.2 Å². The average molecular weight is 336 g/mol. The fraction of sp³-hybridized carbons (Fsp3) is 0.562. The zero-order valence-corrected chi connectivity index (χ0v) is 16.2. The van der Waals surface area contributed by atoms with Crippen molar-refractivity contribution in [1.82, 2.24) is 10.0 Å². The summed E-state index contributed by atoms with van der Waals surface area (Å²) in [6.45, 7) is 14.7. The van der Waals surface area contributed by atoms with Gasteiger partial charge in [-0.1, -0.05) is 20.8 Å². The Kier molecular flexibility index (Phi) is 6.07. The smallest absolute Gasteiger partial charge is 0.229 e. The Labute approximate surface area is 140 Å². The van der Waals surface area contributed by atoms with Gasteiger partial charge in [0.2, 0.25) is 8.32 Å². The highest BCUT2D eigenvalue weighted by atomic mass is 28.4. The first kappa shape index (κ1) is 19.3. The second-order valence-electron chi connectivity index (χ2n) is 7.29. The van der Waals surface area contributed by atoms with Crippen LogP contribution in [0.2, 0.25) is 18.1 Å². The van der Waals surface area contributed by atoms with Gasteiger partial charge in [0.15, 0.2) is 5.84 Å². The lowest BCUT2D eigenvalue weighted by Gasteiger charge is -2.39. The van der Waals surface area contributed by atoms with Crippen molar-refractivity contribution in [2.75, 3.05) is 5.73 Å². The molecule has 0 saturated heterocycles. The van der Waals surface area contributed by atoms with E-state index in [1.807, 2.05) is 19.9 Å². The number of aromatic nitrogens is 1. The lowest BCUT2D eigenvalue weighted by Crippen LogP contribution is -2.48.